The molecule has 1 saturated heterocycles. The second-order valence-corrected chi connectivity index (χ2v) is 5.99. The van der Waals surface area contributed by atoms with Crippen LogP contribution in [0.3, 0.4) is 0 Å². The van der Waals surface area contributed by atoms with Crippen LogP contribution in [0.15, 0.2) is 0 Å². The highest BCUT2D eigenvalue weighted by Gasteiger charge is 2.35. The van der Waals surface area contributed by atoms with E-state index in [-0.39, 0.29) is 5.41 Å². The summed E-state index contributed by atoms with van der Waals surface area (Å²) in [5.74, 6) is 0.297. The van der Waals surface area contributed by atoms with Crippen molar-refractivity contribution in [2.24, 2.45) is 5.41 Å². The molecule has 0 spiro atoms. The fraction of sp³-hybridized carbons (Fsp3) is 0.929. The van der Waals surface area contributed by atoms with Gasteiger partial charge in [0.1, 0.15) is 0 Å². The SMILES string of the molecule is CC1(C(=O)NC2CCCCNC2)CCCCC1. The molecule has 3 nitrogen and oxygen atoms in total. The van der Waals surface area contributed by atoms with E-state index in [1.165, 1.54) is 32.1 Å². The Balaban J connectivity index is 1.86. The van der Waals surface area contributed by atoms with E-state index in [2.05, 4.69) is 17.6 Å². The maximum atomic E-state index is 12.4. The van der Waals surface area contributed by atoms with Gasteiger partial charge in [-0.05, 0) is 32.2 Å². The van der Waals surface area contributed by atoms with E-state index in [1.807, 2.05) is 0 Å². The Hall–Kier alpha value is -0.570. The summed E-state index contributed by atoms with van der Waals surface area (Å²) in [6.07, 6.45) is 9.47. The maximum absolute atomic E-state index is 12.4. The largest absolute Gasteiger partial charge is 0.352 e. The van der Waals surface area contributed by atoms with Crippen molar-refractivity contribution in [1.82, 2.24) is 10.6 Å². The second-order valence-electron chi connectivity index (χ2n) is 5.99. The van der Waals surface area contributed by atoms with Crippen molar-refractivity contribution in [3.63, 3.8) is 0 Å². The zero-order valence-corrected chi connectivity index (χ0v) is 11.1. The molecule has 2 N–H and O–H groups in total. The molecule has 2 aliphatic rings. The summed E-state index contributed by atoms with van der Waals surface area (Å²) in [6.45, 7) is 4.19. The number of carbonyl (C=O) groups is 1. The molecule has 98 valence electrons. The van der Waals surface area contributed by atoms with Crippen LogP contribution < -0.4 is 10.6 Å². The fourth-order valence-corrected chi connectivity index (χ4v) is 3.06. The van der Waals surface area contributed by atoms with Gasteiger partial charge in [-0.1, -0.05) is 32.6 Å². The Morgan fingerprint density at radius 2 is 1.94 bits per heavy atom. The maximum Gasteiger partial charge on any atom is 0.226 e. The van der Waals surface area contributed by atoms with Crippen LogP contribution in [0.4, 0.5) is 0 Å². The van der Waals surface area contributed by atoms with Crippen LogP contribution in [-0.2, 0) is 4.79 Å². The lowest BCUT2D eigenvalue weighted by Crippen LogP contribution is -2.48. The molecule has 0 aromatic heterocycles. The average Bonchev–Trinajstić information content (AvgIpc) is 2.58. The monoisotopic (exact) mass is 238 g/mol. The first-order valence-electron chi connectivity index (χ1n) is 7.22. The molecule has 1 saturated carbocycles. The van der Waals surface area contributed by atoms with Gasteiger partial charge in [-0.3, -0.25) is 4.79 Å². The third kappa shape index (κ3) is 3.44. The molecule has 1 heterocycles. The molecule has 1 unspecified atom stereocenters. The van der Waals surface area contributed by atoms with Crippen molar-refractivity contribution in [3.8, 4) is 0 Å². The van der Waals surface area contributed by atoms with Crippen molar-refractivity contribution in [1.29, 1.82) is 0 Å². The van der Waals surface area contributed by atoms with Crippen LogP contribution in [0, 0.1) is 5.41 Å². The van der Waals surface area contributed by atoms with Crippen molar-refractivity contribution in [3.05, 3.63) is 0 Å². The summed E-state index contributed by atoms with van der Waals surface area (Å²) in [4.78, 5) is 12.4. The third-order valence-electron chi connectivity index (χ3n) is 4.39. The van der Waals surface area contributed by atoms with Gasteiger partial charge >= 0.3 is 0 Å². The predicted molar refractivity (Wildman–Crippen MR) is 69.8 cm³/mol. The quantitative estimate of drug-likeness (QED) is 0.774. The van der Waals surface area contributed by atoms with Crippen LogP contribution in [0.2, 0.25) is 0 Å². The van der Waals surface area contributed by atoms with E-state index in [9.17, 15) is 4.79 Å². The van der Waals surface area contributed by atoms with E-state index in [0.29, 0.717) is 11.9 Å². The number of rotatable bonds is 2. The minimum Gasteiger partial charge on any atom is -0.352 e. The lowest BCUT2D eigenvalue weighted by molar-refractivity contribution is -0.132. The Bertz CT molecular complexity index is 251. The topological polar surface area (TPSA) is 41.1 Å². The summed E-state index contributed by atoms with van der Waals surface area (Å²) < 4.78 is 0. The first-order valence-corrected chi connectivity index (χ1v) is 7.22. The molecule has 0 radical (unpaired) electrons. The van der Waals surface area contributed by atoms with Crippen molar-refractivity contribution < 1.29 is 4.79 Å². The Morgan fingerprint density at radius 3 is 2.71 bits per heavy atom. The molecule has 1 amide bonds. The van der Waals surface area contributed by atoms with Crippen LogP contribution in [-0.4, -0.2) is 25.0 Å². The van der Waals surface area contributed by atoms with Gasteiger partial charge in [-0.2, -0.15) is 0 Å². The standard InChI is InChI=1S/C14H26N2O/c1-14(8-4-2-5-9-14)13(17)16-12-7-3-6-10-15-11-12/h12,15H,2-11H2,1H3,(H,16,17). The van der Waals surface area contributed by atoms with Gasteiger partial charge in [0.2, 0.25) is 5.91 Å². The van der Waals surface area contributed by atoms with Crippen molar-refractivity contribution >= 4 is 5.91 Å². The van der Waals surface area contributed by atoms with E-state index in [0.717, 1.165) is 32.4 Å². The van der Waals surface area contributed by atoms with Crippen molar-refractivity contribution in [2.45, 2.75) is 64.3 Å². The minimum atomic E-state index is -0.0927. The average molecular weight is 238 g/mol. The van der Waals surface area contributed by atoms with Gasteiger partial charge in [0, 0.05) is 18.0 Å². The Kier molecular flexibility index (Phi) is 4.43. The van der Waals surface area contributed by atoms with Crippen molar-refractivity contribution in [2.75, 3.05) is 13.1 Å². The van der Waals surface area contributed by atoms with E-state index < -0.39 is 0 Å². The molecule has 3 heteroatoms. The van der Waals surface area contributed by atoms with Gasteiger partial charge in [0.05, 0.1) is 0 Å². The number of nitrogens with one attached hydrogen (secondary N) is 2. The molecule has 2 rings (SSSR count). The highest BCUT2D eigenvalue weighted by Crippen LogP contribution is 2.36. The predicted octanol–water partition coefficient (Wildman–Crippen LogP) is 2.22. The lowest BCUT2D eigenvalue weighted by atomic mass is 9.75. The molecule has 17 heavy (non-hydrogen) atoms. The van der Waals surface area contributed by atoms with Crippen LogP contribution in [0.5, 0.6) is 0 Å². The molecule has 1 atom stereocenters. The highest BCUT2D eigenvalue weighted by molar-refractivity contribution is 5.82. The van der Waals surface area contributed by atoms with E-state index >= 15 is 0 Å². The fourth-order valence-electron chi connectivity index (χ4n) is 3.06. The van der Waals surface area contributed by atoms with Gasteiger partial charge in [0.15, 0.2) is 0 Å². The zero-order valence-electron chi connectivity index (χ0n) is 11.1. The molecule has 1 aliphatic carbocycles. The second kappa shape index (κ2) is 5.85. The summed E-state index contributed by atoms with van der Waals surface area (Å²) >= 11 is 0. The molecule has 0 bridgehead atoms. The van der Waals surface area contributed by atoms with Gasteiger partial charge in [-0.25, -0.2) is 0 Å². The summed E-state index contributed by atoms with van der Waals surface area (Å²) in [5, 5.41) is 6.67. The summed E-state index contributed by atoms with van der Waals surface area (Å²) in [6, 6.07) is 0.351. The van der Waals surface area contributed by atoms with E-state index in [4.69, 9.17) is 0 Å². The molecule has 0 aromatic rings. The normalized spacial score (nSPS) is 29.4. The first kappa shape index (κ1) is 12.9. The van der Waals surface area contributed by atoms with Gasteiger partial charge in [0.25, 0.3) is 0 Å². The molecule has 1 aliphatic heterocycles. The number of hydrogen-bond acceptors (Lipinski definition) is 2. The zero-order chi connectivity index (χ0) is 12.1. The van der Waals surface area contributed by atoms with Crippen LogP contribution in [0.25, 0.3) is 0 Å². The summed E-state index contributed by atoms with van der Waals surface area (Å²) in [5.41, 5.74) is -0.0927. The lowest BCUT2D eigenvalue weighted by Gasteiger charge is -2.33. The third-order valence-corrected chi connectivity index (χ3v) is 4.39. The minimum absolute atomic E-state index is 0.0927. The number of carbonyl (C=O) groups excluding carboxylic acids is 1. The number of amides is 1. The van der Waals surface area contributed by atoms with Crippen LogP contribution in [0.1, 0.15) is 58.3 Å². The molecule has 0 aromatic carbocycles. The summed E-state index contributed by atoms with van der Waals surface area (Å²) in [7, 11) is 0. The Morgan fingerprint density at radius 1 is 1.18 bits per heavy atom. The van der Waals surface area contributed by atoms with Gasteiger partial charge < -0.3 is 10.6 Å². The first-order chi connectivity index (χ1) is 8.21. The molecule has 2 fully saturated rings. The van der Waals surface area contributed by atoms with Gasteiger partial charge in [-0.15, -0.1) is 0 Å². The van der Waals surface area contributed by atoms with E-state index in [1.54, 1.807) is 0 Å². The molecular formula is C14H26N2O. The Labute approximate surface area is 105 Å². The number of hydrogen-bond donors (Lipinski definition) is 2. The smallest absolute Gasteiger partial charge is 0.226 e. The highest BCUT2D eigenvalue weighted by atomic mass is 16.2. The molecular weight excluding hydrogens is 212 g/mol. The van der Waals surface area contributed by atoms with Crippen LogP contribution >= 0.6 is 0 Å².